The van der Waals surface area contributed by atoms with Gasteiger partial charge in [-0.15, -0.1) is 0 Å². The molecule has 0 spiro atoms. The lowest BCUT2D eigenvalue weighted by molar-refractivity contribution is -0.136. The second-order valence-corrected chi connectivity index (χ2v) is 9.34. The Morgan fingerprint density at radius 2 is 1.68 bits per heavy atom. The topological polar surface area (TPSA) is 67.2 Å². The third-order valence-corrected chi connectivity index (χ3v) is 6.59. The van der Waals surface area contributed by atoms with Gasteiger partial charge in [0.05, 0.1) is 17.9 Å². The molecule has 5 rings (SSSR count). The summed E-state index contributed by atoms with van der Waals surface area (Å²) in [5.41, 5.74) is 3.34. The molecule has 4 aromatic rings. The number of amides is 2. The van der Waals surface area contributed by atoms with E-state index in [1.807, 2.05) is 55.5 Å². The van der Waals surface area contributed by atoms with E-state index in [0.717, 1.165) is 18.4 Å². The molecule has 6 nitrogen and oxygen atoms in total. The number of nitrogens with one attached hydrogen (secondary N) is 1. The number of carbonyl (C=O) groups is 2. The number of anilines is 1. The lowest BCUT2D eigenvalue weighted by Gasteiger charge is -2.22. The third-order valence-electron chi connectivity index (χ3n) is 6.59. The van der Waals surface area contributed by atoms with Crippen LogP contribution in [0.4, 0.5) is 10.2 Å². The molecule has 1 aliphatic rings. The highest BCUT2D eigenvalue weighted by Crippen LogP contribution is 2.48. The molecular formula is C30H29FN4O2. The zero-order chi connectivity index (χ0) is 25.8. The van der Waals surface area contributed by atoms with E-state index in [-0.39, 0.29) is 36.0 Å². The Hall–Kier alpha value is -4.26. The van der Waals surface area contributed by atoms with Crippen LogP contribution in [0, 0.1) is 11.7 Å². The maximum Gasteiger partial charge on any atom is 0.245 e. The van der Waals surface area contributed by atoms with Crippen molar-refractivity contribution >= 4 is 17.6 Å². The fourth-order valence-corrected chi connectivity index (χ4v) is 4.66. The van der Waals surface area contributed by atoms with Crippen LogP contribution in [0.25, 0.3) is 16.9 Å². The van der Waals surface area contributed by atoms with Gasteiger partial charge < -0.3 is 10.2 Å². The number of carbonyl (C=O) groups excluding carboxylic acids is 2. The Morgan fingerprint density at radius 3 is 2.35 bits per heavy atom. The Labute approximate surface area is 215 Å². The molecule has 1 N–H and O–H groups in total. The van der Waals surface area contributed by atoms with Gasteiger partial charge in [0.2, 0.25) is 11.8 Å². The molecule has 0 saturated heterocycles. The summed E-state index contributed by atoms with van der Waals surface area (Å²) in [6.07, 6.45) is 1.57. The monoisotopic (exact) mass is 496 g/mol. The minimum atomic E-state index is -0.354. The van der Waals surface area contributed by atoms with Crippen LogP contribution in [-0.4, -0.2) is 39.6 Å². The molecule has 0 radical (unpaired) electrons. The summed E-state index contributed by atoms with van der Waals surface area (Å²) in [5.74, 6) is -0.0644. The Bertz CT molecular complexity index is 1370. The smallest absolute Gasteiger partial charge is 0.245 e. The molecule has 1 fully saturated rings. The summed E-state index contributed by atoms with van der Waals surface area (Å²) in [6.45, 7) is 2.46. The second kappa shape index (κ2) is 10.8. The minimum absolute atomic E-state index is 0.0165. The SMILES string of the molecule is CCCN(CC(=O)Nc1cc(-c2ccccc2)nn1-c1ccc(F)cc1)C(=O)[C@@H]1C[C@@H]1c1ccccc1. The van der Waals surface area contributed by atoms with Crippen LogP contribution in [-0.2, 0) is 9.59 Å². The first kappa shape index (κ1) is 24.4. The maximum atomic E-state index is 13.5. The van der Waals surface area contributed by atoms with E-state index in [9.17, 15) is 14.0 Å². The van der Waals surface area contributed by atoms with Crippen molar-refractivity contribution in [3.8, 4) is 16.9 Å². The first-order valence-corrected chi connectivity index (χ1v) is 12.6. The van der Waals surface area contributed by atoms with Crippen LogP contribution in [0.1, 0.15) is 31.2 Å². The van der Waals surface area contributed by atoms with E-state index in [0.29, 0.717) is 23.7 Å². The van der Waals surface area contributed by atoms with Gasteiger partial charge in [0.15, 0.2) is 0 Å². The van der Waals surface area contributed by atoms with Gasteiger partial charge in [-0.3, -0.25) is 9.59 Å². The average molecular weight is 497 g/mol. The normalized spacial score (nSPS) is 16.3. The summed E-state index contributed by atoms with van der Waals surface area (Å²) in [6, 6.07) is 27.4. The molecule has 0 aliphatic heterocycles. The van der Waals surface area contributed by atoms with Gasteiger partial charge in [-0.05, 0) is 48.6 Å². The quantitative estimate of drug-likeness (QED) is 0.325. The molecule has 0 unspecified atom stereocenters. The van der Waals surface area contributed by atoms with Crippen LogP contribution in [0.3, 0.4) is 0 Å². The fraction of sp³-hybridized carbons (Fsp3) is 0.233. The predicted molar refractivity (Wildman–Crippen MR) is 142 cm³/mol. The van der Waals surface area contributed by atoms with E-state index >= 15 is 0 Å². The van der Waals surface area contributed by atoms with Crippen LogP contribution in [0.15, 0.2) is 91.0 Å². The number of nitrogens with zero attached hydrogens (tertiary/aromatic N) is 3. The molecule has 2 atom stereocenters. The molecule has 188 valence electrons. The molecule has 2 amide bonds. The second-order valence-electron chi connectivity index (χ2n) is 9.34. The van der Waals surface area contributed by atoms with Crippen molar-refractivity contribution in [1.82, 2.24) is 14.7 Å². The van der Waals surface area contributed by atoms with Gasteiger partial charge >= 0.3 is 0 Å². The molecule has 1 aliphatic carbocycles. The van der Waals surface area contributed by atoms with Crippen molar-refractivity contribution in [1.29, 1.82) is 0 Å². The summed E-state index contributed by atoms with van der Waals surface area (Å²) in [4.78, 5) is 28.1. The first-order chi connectivity index (χ1) is 18.0. The van der Waals surface area contributed by atoms with Crippen molar-refractivity contribution in [3.63, 3.8) is 0 Å². The fourth-order valence-electron chi connectivity index (χ4n) is 4.66. The molecule has 1 aromatic heterocycles. The molecule has 37 heavy (non-hydrogen) atoms. The van der Waals surface area contributed by atoms with E-state index in [4.69, 9.17) is 0 Å². The van der Waals surface area contributed by atoms with Crippen molar-refractivity contribution in [3.05, 3.63) is 102 Å². The number of hydrogen-bond donors (Lipinski definition) is 1. The Kier molecular flexibility index (Phi) is 7.12. The van der Waals surface area contributed by atoms with Crippen molar-refractivity contribution in [2.45, 2.75) is 25.7 Å². The number of halogens is 1. The largest absolute Gasteiger partial charge is 0.333 e. The molecule has 0 bridgehead atoms. The number of benzene rings is 3. The highest BCUT2D eigenvalue weighted by atomic mass is 19.1. The lowest BCUT2D eigenvalue weighted by atomic mass is 10.1. The molecule has 3 aromatic carbocycles. The first-order valence-electron chi connectivity index (χ1n) is 12.6. The molecule has 7 heteroatoms. The number of rotatable bonds is 9. The predicted octanol–water partition coefficient (Wildman–Crippen LogP) is 5.66. The van der Waals surface area contributed by atoms with Crippen molar-refractivity contribution in [2.75, 3.05) is 18.4 Å². The van der Waals surface area contributed by atoms with Gasteiger partial charge in [-0.1, -0.05) is 67.6 Å². The molecule has 1 heterocycles. The van der Waals surface area contributed by atoms with Gasteiger partial charge in [0, 0.05) is 24.1 Å². The van der Waals surface area contributed by atoms with E-state index in [1.54, 1.807) is 27.8 Å². The van der Waals surface area contributed by atoms with E-state index in [2.05, 4.69) is 22.5 Å². The Balaban J connectivity index is 1.34. The minimum Gasteiger partial charge on any atom is -0.333 e. The van der Waals surface area contributed by atoms with Crippen molar-refractivity contribution in [2.24, 2.45) is 5.92 Å². The van der Waals surface area contributed by atoms with Gasteiger partial charge in [-0.2, -0.15) is 5.10 Å². The van der Waals surface area contributed by atoms with Gasteiger partial charge in [0.25, 0.3) is 0 Å². The highest BCUT2D eigenvalue weighted by Gasteiger charge is 2.45. The number of hydrogen-bond acceptors (Lipinski definition) is 3. The third kappa shape index (κ3) is 5.61. The van der Waals surface area contributed by atoms with E-state index < -0.39 is 0 Å². The molecule has 1 saturated carbocycles. The summed E-state index contributed by atoms with van der Waals surface area (Å²) >= 11 is 0. The summed E-state index contributed by atoms with van der Waals surface area (Å²) < 4.78 is 15.1. The average Bonchev–Trinajstić information content (AvgIpc) is 3.62. The highest BCUT2D eigenvalue weighted by molar-refractivity contribution is 5.95. The number of aromatic nitrogens is 2. The summed E-state index contributed by atoms with van der Waals surface area (Å²) in [5, 5.41) is 7.60. The van der Waals surface area contributed by atoms with Crippen molar-refractivity contribution < 1.29 is 14.0 Å². The zero-order valence-electron chi connectivity index (χ0n) is 20.7. The standard InChI is InChI=1S/C30H29FN4O2/c1-2-17-34(30(37)26-18-25(26)21-9-5-3-6-10-21)20-29(36)32-28-19-27(22-11-7-4-8-12-22)33-35(28)24-15-13-23(31)14-16-24/h3-16,19,25-26H,2,17-18,20H2,1H3,(H,32,36)/t25-,26-/m1/s1. The summed E-state index contributed by atoms with van der Waals surface area (Å²) in [7, 11) is 0. The van der Waals surface area contributed by atoms with Crippen LogP contribution < -0.4 is 5.32 Å². The van der Waals surface area contributed by atoms with Crippen LogP contribution in [0.5, 0.6) is 0 Å². The van der Waals surface area contributed by atoms with Crippen LogP contribution >= 0.6 is 0 Å². The lowest BCUT2D eigenvalue weighted by Crippen LogP contribution is -2.39. The Morgan fingerprint density at radius 1 is 1.00 bits per heavy atom. The van der Waals surface area contributed by atoms with Gasteiger partial charge in [-0.25, -0.2) is 9.07 Å². The van der Waals surface area contributed by atoms with Crippen LogP contribution in [0.2, 0.25) is 0 Å². The zero-order valence-corrected chi connectivity index (χ0v) is 20.7. The van der Waals surface area contributed by atoms with E-state index in [1.165, 1.54) is 17.7 Å². The van der Waals surface area contributed by atoms with Gasteiger partial charge in [0.1, 0.15) is 11.6 Å². The molecular weight excluding hydrogens is 467 g/mol. The maximum absolute atomic E-state index is 13.5.